The minimum absolute atomic E-state index is 0.184. The lowest BCUT2D eigenvalue weighted by atomic mass is 10.0. The summed E-state index contributed by atoms with van der Waals surface area (Å²) in [6, 6.07) is 10.3. The van der Waals surface area contributed by atoms with E-state index in [0.29, 0.717) is 11.3 Å². The molecule has 3 rings (SSSR count). The Hall–Kier alpha value is -3.23. The Kier molecular flexibility index (Phi) is 7.88. The molecule has 6 N–H and O–H groups in total. The average Bonchev–Trinajstić information content (AvgIpc) is 3.14. The third-order valence-corrected chi connectivity index (χ3v) is 5.22. The second kappa shape index (κ2) is 10.4. The summed E-state index contributed by atoms with van der Waals surface area (Å²) in [5.41, 5.74) is 8.43. The van der Waals surface area contributed by atoms with Gasteiger partial charge >= 0.3 is 0 Å². The molecule has 2 aromatic heterocycles. The maximum Gasteiger partial charge on any atom is 0.290 e. The summed E-state index contributed by atoms with van der Waals surface area (Å²) in [4.78, 5) is 15.9. The summed E-state index contributed by atoms with van der Waals surface area (Å²) < 4.78 is 26.7. The van der Waals surface area contributed by atoms with Gasteiger partial charge in [-0.2, -0.15) is 0 Å². The molecule has 0 fully saturated rings. The summed E-state index contributed by atoms with van der Waals surface area (Å²) in [7, 11) is -3.56. The number of sulfonamides is 1. The molecule has 0 bridgehead atoms. The number of rotatable bonds is 5. The highest BCUT2D eigenvalue weighted by molar-refractivity contribution is 7.89. The molecule has 0 spiro atoms. The van der Waals surface area contributed by atoms with Crippen molar-refractivity contribution in [2.24, 2.45) is 5.73 Å². The lowest BCUT2D eigenvalue weighted by Crippen LogP contribution is -2.29. The third kappa shape index (κ3) is 5.63. The number of aliphatic hydroxyl groups is 1. The van der Waals surface area contributed by atoms with Gasteiger partial charge in [-0.15, -0.1) is 0 Å². The number of nitrogens with one attached hydrogen (secondary N) is 2. The van der Waals surface area contributed by atoms with Gasteiger partial charge in [-0.3, -0.25) is 4.79 Å². The van der Waals surface area contributed by atoms with E-state index in [1.165, 1.54) is 0 Å². The van der Waals surface area contributed by atoms with Gasteiger partial charge < -0.3 is 20.9 Å². The van der Waals surface area contributed by atoms with Crippen LogP contribution in [0, 0.1) is 11.8 Å². The normalized spacial score (nSPS) is 10.6. The lowest BCUT2D eigenvalue weighted by Gasteiger charge is -2.07. The highest BCUT2D eigenvalue weighted by Gasteiger charge is 2.14. The van der Waals surface area contributed by atoms with Crippen LogP contribution < -0.4 is 10.5 Å². The van der Waals surface area contributed by atoms with Crippen LogP contribution in [0.25, 0.3) is 22.2 Å². The fourth-order valence-corrected chi connectivity index (χ4v) is 3.62. The van der Waals surface area contributed by atoms with Gasteiger partial charge in [-0.25, -0.2) is 18.1 Å². The maximum absolute atomic E-state index is 12.1. The summed E-state index contributed by atoms with van der Waals surface area (Å²) in [5.74, 6) is 5.41. The molecule has 0 unspecified atom stereocenters. The Labute approximate surface area is 167 Å². The molecule has 2 heterocycles. The summed E-state index contributed by atoms with van der Waals surface area (Å²) in [6.07, 6.45) is 1.67. The number of aliphatic hydroxyl groups excluding tert-OH is 1. The van der Waals surface area contributed by atoms with E-state index in [1.54, 1.807) is 30.5 Å². The predicted octanol–water partition coefficient (Wildman–Crippen LogP) is 0.511. The van der Waals surface area contributed by atoms with Crippen molar-refractivity contribution in [2.45, 2.75) is 4.90 Å². The fraction of sp³-hybridized carbons (Fsp3) is 0.158. The Bertz CT molecular complexity index is 1130. The number of carbonyl (C=O) groups is 1. The number of benzene rings is 1. The van der Waals surface area contributed by atoms with E-state index in [-0.39, 0.29) is 31.1 Å². The van der Waals surface area contributed by atoms with Crippen LogP contribution in [0.3, 0.4) is 0 Å². The first-order chi connectivity index (χ1) is 14.0. The zero-order valence-corrected chi connectivity index (χ0v) is 16.1. The molecule has 0 saturated heterocycles. The van der Waals surface area contributed by atoms with Crippen LogP contribution in [0.2, 0.25) is 0 Å². The minimum atomic E-state index is -3.56. The summed E-state index contributed by atoms with van der Waals surface area (Å²) >= 11 is 0. The Balaban J connectivity index is 0.000000941. The molecule has 10 heteroatoms. The van der Waals surface area contributed by atoms with E-state index in [2.05, 4.69) is 26.5 Å². The number of hydrogen-bond acceptors (Lipinski definition) is 6. The van der Waals surface area contributed by atoms with Crippen LogP contribution in [0.15, 0.2) is 47.5 Å². The van der Waals surface area contributed by atoms with Crippen LogP contribution >= 0.6 is 0 Å². The lowest BCUT2D eigenvalue weighted by molar-refractivity contribution is -0.122. The van der Waals surface area contributed by atoms with Crippen LogP contribution in [0.1, 0.15) is 5.69 Å². The van der Waals surface area contributed by atoms with Crippen molar-refractivity contribution in [1.29, 1.82) is 0 Å². The van der Waals surface area contributed by atoms with Gasteiger partial charge in [-0.05, 0) is 41.3 Å². The van der Waals surface area contributed by atoms with Gasteiger partial charge in [0.05, 0.1) is 10.6 Å². The van der Waals surface area contributed by atoms with Crippen molar-refractivity contribution in [3.63, 3.8) is 0 Å². The highest BCUT2D eigenvalue weighted by Crippen LogP contribution is 2.28. The average molecular weight is 416 g/mol. The summed E-state index contributed by atoms with van der Waals surface area (Å²) in [6.45, 7) is -0.0405. The standard InChI is InChI=1S/C18H18N4O3S.CH2O2/c19-8-10-21-26(24,25)15-5-3-13(4-6-15)16-7-9-20-18-17(16)12-14(22-18)2-1-11-23;2-1-3/h3-7,9,12,21,23H,8,10-11,19H2,(H,20,22);1H,(H,2,3). The molecule has 0 aliphatic rings. The van der Waals surface area contributed by atoms with Crippen LogP contribution in [0.4, 0.5) is 0 Å². The van der Waals surface area contributed by atoms with E-state index in [9.17, 15) is 8.42 Å². The SMILES string of the molecule is NCCNS(=O)(=O)c1ccc(-c2ccnc3[nH]c(C#CCO)cc23)cc1.O=CO. The molecule has 3 aromatic rings. The van der Waals surface area contributed by atoms with E-state index < -0.39 is 10.0 Å². The van der Waals surface area contributed by atoms with Gasteiger partial charge in [0.2, 0.25) is 10.0 Å². The predicted molar refractivity (Wildman–Crippen MR) is 108 cm³/mol. The van der Waals surface area contributed by atoms with E-state index >= 15 is 0 Å². The number of nitrogens with zero attached hydrogens (tertiary/aromatic N) is 1. The molecule has 0 saturated carbocycles. The van der Waals surface area contributed by atoms with E-state index in [4.69, 9.17) is 20.7 Å². The first-order valence-corrected chi connectivity index (χ1v) is 9.90. The number of fused-ring (bicyclic) bond motifs is 1. The van der Waals surface area contributed by atoms with Crippen LogP contribution in [0.5, 0.6) is 0 Å². The Morgan fingerprint density at radius 1 is 1.24 bits per heavy atom. The van der Waals surface area contributed by atoms with Gasteiger partial charge in [0, 0.05) is 24.7 Å². The van der Waals surface area contributed by atoms with Gasteiger partial charge in [0.15, 0.2) is 0 Å². The second-order valence-corrected chi connectivity index (χ2v) is 7.35. The number of pyridine rings is 1. The zero-order valence-electron chi connectivity index (χ0n) is 15.3. The van der Waals surface area contributed by atoms with E-state index in [1.807, 2.05) is 12.1 Å². The molecule has 0 amide bonds. The number of H-pyrrole nitrogens is 1. The number of carboxylic acid groups (broad SMARTS) is 1. The van der Waals surface area contributed by atoms with Crippen molar-refractivity contribution in [1.82, 2.24) is 14.7 Å². The van der Waals surface area contributed by atoms with Crippen molar-refractivity contribution in [3.8, 4) is 23.0 Å². The first kappa shape index (κ1) is 22.1. The molecule has 1 aromatic carbocycles. The van der Waals surface area contributed by atoms with Gasteiger partial charge in [0.1, 0.15) is 12.3 Å². The molecule has 29 heavy (non-hydrogen) atoms. The largest absolute Gasteiger partial charge is 0.483 e. The van der Waals surface area contributed by atoms with Gasteiger partial charge in [-0.1, -0.05) is 18.1 Å². The molecule has 0 radical (unpaired) electrons. The molecule has 9 nitrogen and oxygen atoms in total. The van der Waals surface area contributed by atoms with Crippen molar-refractivity contribution in [2.75, 3.05) is 19.7 Å². The Morgan fingerprint density at radius 2 is 1.93 bits per heavy atom. The van der Waals surface area contributed by atoms with Crippen molar-refractivity contribution >= 4 is 27.5 Å². The second-order valence-electron chi connectivity index (χ2n) is 5.58. The monoisotopic (exact) mass is 416 g/mol. The summed E-state index contributed by atoms with van der Waals surface area (Å²) in [5, 5.41) is 16.6. The number of hydrogen-bond donors (Lipinski definition) is 5. The van der Waals surface area contributed by atoms with Crippen molar-refractivity contribution in [3.05, 3.63) is 48.3 Å². The van der Waals surface area contributed by atoms with Crippen LogP contribution in [-0.2, 0) is 14.8 Å². The van der Waals surface area contributed by atoms with Crippen molar-refractivity contribution < 1.29 is 23.4 Å². The van der Waals surface area contributed by atoms with Gasteiger partial charge in [0.25, 0.3) is 6.47 Å². The number of aromatic amines is 1. The molecule has 0 atom stereocenters. The zero-order chi connectivity index (χ0) is 21.3. The number of aromatic nitrogens is 2. The Morgan fingerprint density at radius 3 is 2.55 bits per heavy atom. The van der Waals surface area contributed by atoms with Crippen LogP contribution in [-0.4, -0.2) is 54.8 Å². The molecule has 0 aliphatic carbocycles. The highest BCUT2D eigenvalue weighted by atomic mass is 32.2. The molecular formula is C19H20N4O5S. The molecule has 152 valence electrons. The molecule has 0 aliphatic heterocycles. The smallest absolute Gasteiger partial charge is 0.290 e. The fourth-order valence-electron chi connectivity index (χ4n) is 2.57. The minimum Gasteiger partial charge on any atom is -0.483 e. The third-order valence-electron chi connectivity index (χ3n) is 3.75. The van der Waals surface area contributed by atoms with E-state index in [0.717, 1.165) is 16.5 Å². The number of nitrogens with two attached hydrogens (primary N) is 1. The molecular weight excluding hydrogens is 396 g/mol. The maximum atomic E-state index is 12.1. The quantitative estimate of drug-likeness (QED) is 0.299. The first-order valence-electron chi connectivity index (χ1n) is 8.42. The topological polar surface area (TPSA) is 158 Å².